The molecule has 0 aliphatic carbocycles. The van der Waals surface area contributed by atoms with Gasteiger partial charge in [0.25, 0.3) is 0 Å². The van der Waals surface area contributed by atoms with Gasteiger partial charge in [-0.3, -0.25) is 0 Å². The first-order valence-electron chi connectivity index (χ1n) is 4.01. The van der Waals surface area contributed by atoms with Gasteiger partial charge in [-0.05, 0) is 6.92 Å². The standard InChI is InChI=1S/C7H14O6/c1-2(8)6-4(10)3(9)5(11)7(12)13-6/h2-12H,1H3/t2-,3-,4-,5+,6+,7-/m0/s1. The van der Waals surface area contributed by atoms with Crippen LogP contribution in [0.4, 0.5) is 0 Å². The molecule has 1 aliphatic rings. The SMILES string of the molecule is C[C@H](O)[C@H]1O[C@H](O)[C@H](O)[C@@H](O)[C@@H]1O. The Morgan fingerprint density at radius 2 is 1.54 bits per heavy atom. The summed E-state index contributed by atoms with van der Waals surface area (Å²) in [5.74, 6) is 0. The summed E-state index contributed by atoms with van der Waals surface area (Å²) in [4.78, 5) is 0. The van der Waals surface area contributed by atoms with E-state index in [0.717, 1.165) is 0 Å². The van der Waals surface area contributed by atoms with E-state index < -0.39 is 36.8 Å². The van der Waals surface area contributed by atoms with Crippen molar-refractivity contribution in [1.29, 1.82) is 0 Å². The first kappa shape index (κ1) is 10.8. The van der Waals surface area contributed by atoms with Crippen LogP contribution in [0.25, 0.3) is 0 Å². The van der Waals surface area contributed by atoms with Crippen molar-refractivity contribution in [2.75, 3.05) is 0 Å². The van der Waals surface area contributed by atoms with Crippen LogP contribution in [0.1, 0.15) is 6.92 Å². The van der Waals surface area contributed by atoms with Crippen LogP contribution in [0.15, 0.2) is 0 Å². The summed E-state index contributed by atoms with van der Waals surface area (Å²) in [7, 11) is 0. The number of aliphatic hydroxyl groups is 5. The molecule has 6 heteroatoms. The van der Waals surface area contributed by atoms with Crippen molar-refractivity contribution in [2.45, 2.75) is 43.7 Å². The molecule has 6 nitrogen and oxygen atoms in total. The Bertz CT molecular complexity index is 172. The average Bonchev–Trinajstić information content (AvgIpc) is 2.07. The molecule has 0 radical (unpaired) electrons. The van der Waals surface area contributed by atoms with Crippen LogP contribution in [0.3, 0.4) is 0 Å². The maximum Gasteiger partial charge on any atom is 0.184 e. The zero-order valence-corrected chi connectivity index (χ0v) is 7.11. The van der Waals surface area contributed by atoms with Gasteiger partial charge in [0.1, 0.15) is 24.4 Å². The Labute approximate surface area is 75.0 Å². The molecule has 6 atom stereocenters. The summed E-state index contributed by atoms with van der Waals surface area (Å²) >= 11 is 0. The van der Waals surface area contributed by atoms with Gasteiger partial charge in [0.2, 0.25) is 0 Å². The molecule has 13 heavy (non-hydrogen) atoms. The van der Waals surface area contributed by atoms with Gasteiger partial charge in [-0.15, -0.1) is 0 Å². The van der Waals surface area contributed by atoms with Gasteiger partial charge in [0.05, 0.1) is 6.10 Å². The first-order chi connectivity index (χ1) is 5.95. The van der Waals surface area contributed by atoms with Gasteiger partial charge in [-0.2, -0.15) is 0 Å². The lowest BCUT2D eigenvalue weighted by Gasteiger charge is -2.39. The highest BCUT2D eigenvalue weighted by molar-refractivity contribution is 4.90. The Morgan fingerprint density at radius 1 is 1.00 bits per heavy atom. The normalized spacial score (nSPS) is 48.9. The molecule has 0 saturated carbocycles. The van der Waals surface area contributed by atoms with Crippen molar-refractivity contribution in [2.24, 2.45) is 0 Å². The highest BCUT2D eigenvalue weighted by Gasteiger charge is 2.44. The van der Waals surface area contributed by atoms with E-state index >= 15 is 0 Å². The van der Waals surface area contributed by atoms with Crippen molar-refractivity contribution >= 4 is 0 Å². The van der Waals surface area contributed by atoms with Crippen molar-refractivity contribution in [1.82, 2.24) is 0 Å². The van der Waals surface area contributed by atoms with Gasteiger partial charge in [-0.1, -0.05) is 0 Å². The summed E-state index contributed by atoms with van der Waals surface area (Å²) in [5, 5.41) is 45.6. The molecule has 1 saturated heterocycles. The Morgan fingerprint density at radius 3 is 2.00 bits per heavy atom. The fraction of sp³-hybridized carbons (Fsp3) is 1.00. The first-order valence-corrected chi connectivity index (χ1v) is 4.01. The molecule has 5 N–H and O–H groups in total. The highest BCUT2D eigenvalue weighted by atomic mass is 16.6. The highest BCUT2D eigenvalue weighted by Crippen LogP contribution is 2.21. The molecule has 1 rings (SSSR count). The minimum atomic E-state index is -1.59. The van der Waals surface area contributed by atoms with Crippen LogP contribution in [0.5, 0.6) is 0 Å². The van der Waals surface area contributed by atoms with Crippen LogP contribution in [0.2, 0.25) is 0 Å². The molecule has 78 valence electrons. The van der Waals surface area contributed by atoms with E-state index in [-0.39, 0.29) is 0 Å². The lowest BCUT2D eigenvalue weighted by molar-refractivity contribution is -0.295. The minimum Gasteiger partial charge on any atom is -0.391 e. The fourth-order valence-corrected chi connectivity index (χ4v) is 1.29. The summed E-state index contributed by atoms with van der Waals surface area (Å²) in [6, 6.07) is 0. The molecule has 0 aromatic heterocycles. The van der Waals surface area contributed by atoms with Gasteiger partial charge < -0.3 is 30.3 Å². The molecular weight excluding hydrogens is 180 g/mol. The topological polar surface area (TPSA) is 110 Å². The smallest absolute Gasteiger partial charge is 0.184 e. The van der Waals surface area contributed by atoms with Crippen LogP contribution in [-0.2, 0) is 4.74 Å². The van der Waals surface area contributed by atoms with E-state index in [2.05, 4.69) is 4.74 Å². The number of hydrogen-bond acceptors (Lipinski definition) is 6. The van der Waals surface area contributed by atoms with Crippen LogP contribution < -0.4 is 0 Å². The van der Waals surface area contributed by atoms with E-state index in [0.29, 0.717) is 0 Å². The lowest BCUT2D eigenvalue weighted by Crippen LogP contribution is -2.60. The van der Waals surface area contributed by atoms with Gasteiger partial charge >= 0.3 is 0 Å². The number of hydrogen-bond donors (Lipinski definition) is 5. The average molecular weight is 194 g/mol. The second-order valence-electron chi connectivity index (χ2n) is 3.20. The van der Waals surface area contributed by atoms with E-state index in [1.807, 2.05) is 0 Å². The van der Waals surface area contributed by atoms with Crippen molar-refractivity contribution in [3.05, 3.63) is 0 Å². The number of aliphatic hydroxyl groups excluding tert-OH is 5. The van der Waals surface area contributed by atoms with Crippen molar-refractivity contribution in [3.63, 3.8) is 0 Å². The van der Waals surface area contributed by atoms with Crippen molar-refractivity contribution < 1.29 is 30.3 Å². The second-order valence-corrected chi connectivity index (χ2v) is 3.20. The van der Waals surface area contributed by atoms with Crippen molar-refractivity contribution in [3.8, 4) is 0 Å². The summed E-state index contributed by atoms with van der Waals surface area (Å²) in [6.07, 6.45) is -8.18. The molecular formula is C7H14O6. The van der Waals surface area contributed by atoms with Crippen LogP contribution >= 0.6 is 0 Å². The Balaban J connectivity index is 2.70. The molecule has 0 aromatic rings. The fourth-order valence-electron chi connectivity index (χ4n) is 1.29. The largest absolute Gasteiger partial charge is 0.391 e. The zero-order valence-electron chi connectivity index (χ0n) is 7.11. The summed E-state index contributed by atoms with van der Waals surface area (Å²) in [6.45, 7) is 1.35. The third kappa shape index (κ3) is 1.98. The predicted molar refractivity (Wildman–Crippen MR) is 40.6 cm³/mol. The summed E-state index contributed by atoms with van der Waals surface area (Å²) in [5.41, 5.74) is 0. The molecule has 0 bridgehead atoms. The van der Waals surface area contributed by atoms with E-state index in [1.54, 1.807) is 0 Å². The maximum absolute atomic E-state index is 9.29. The monoisotopic (exact) mass is 194 g/mol. The quantitative estimate of drug-likeness (QED) is 0.308. The predicted octanol–water partition coefficient (Wildman–Crippen LogP) is -2.83. The molecule has 0 aromatic carbocycles. The number of rotatable bonds is 1. The molecule has 1 aliphatic heterocycles. The maximum atomic E-state index is 9.29. The minimum absolute atomic E-state index is 1.04. The third-order valence-corrected chi connectivity index (χ3v) is 2.10. The Kier molecular flexibility index (Phi) is 3.23. The third-order valence-electron chi connectivity index (χ3n) is 2.10. The molecule has 0 unspecified atom stereocenters. The zero-order chi connectivity index (χ0) is 10.2. The second kappa shape index (κ2) is 3.87. The number of ether oxygens (including phenoxy) is 1. The molecule has 0 spiro atoms. The van der Waals surface area contributed by atoms with E-state index in [9.17, 15) is 10.2 Å². The molecule has 0 amide bonds. The molecule has 1 fully saturated rings. The van der Waals surface area contributed by atoms with Gasteiger partial charge in [-0.25, -0.2) is 0 Å². The van der Waals surface area contributed by atoms with Crippen LogP contribution in [0, 0.1) is 0 Å². The van der Waals surface area contributed by atoms with E-state index in [4.69, 9.17) is 15.3 Å². The molecule has 1 heterocycles. The van der Waals surface area contributed by atoms with E-state index in [1.165, 1.54) is 6.92 Å². The van der Waals surface area contributed by atoms with Gasteiger partial charge in [0, 0.05) is 0 Å². The van der Waals surface area contributed by atoms with Crippen LogP contribution in [-0.4, -0.2) is 62.3 Å². The van der Waals surface area contributed by atoms with Gasteiger partial charge in [0.15, 0.2) is 6.29 Å². The lowest BCUT2D eigenvalue weighted by atomic mass is 9.96. The summed E-state index contributed by atoms with van der Waals surface area (Å²) < 4.78 is 4.69. The Hall–Kier alpha value is -0.240.